The highest BCUT2D eigenvalue weighted by molar-refractivity contribution is 14.0. The second-order valence-corrected chi connectivity index (χ2v) is 8.06. The normalized spacial score (nSPS) is 15.6. The Balaban J connectivity index is 0.00000300. The van der Waals surface area contributed by atoms with E-state index in [0.717, 1.165) is 49.7 Å². The number of aromatic nitrogens is 1. The third-order valence-electron chi connectivity index (χ3n) is 4.94. The number of hydrogen-bond donors (Lipinski definition) is 2. The number of rotatable bonds is 7. The van der Waals surface area contributed by atoms with Gasteiger partial charge in [-0.05, 0) is 50.9 Å². The Hall–Kier alpha value is -1.59. The number of nitrogens with two attached hydrogens (primary N) is 1. The fourth-order valence-corrected chi connectivity index (χ4v) is 3.97. The van der Waals surface area contributed by atoms with E-state index in [4.69, 9.17) is 15.2 Å². The fraction of sp³-hybridized carbons (Fsp3) is 0.500. The van der Waals surface area contributed by atoms with Crippen molar-refractivity contribution in [1.82, 2.24) is 9.88 Å². The molecule has 1 aliphatic heterocycles. The first kappa shape index (κ1) is 23.7. The predicted molar refractivity (Wildman–Crippen MR) is 130 cm³/mol. The SMILES string of the molecule is COc1ccc(NC(N)=NCC2CCN(Cc3csc(C)n3)CC2)cc1OC.I. The molecule has 29 heavy (non-hydrogen) atoms. The average Bonchev–Trinajstić information content (AvgIpc) is 3.12. The molecule has 1 fully saturated rings. The van der Waals surface area contributed by atoms with Crippen molar-refractivity contribution in [3.63, 3.8) is 0 Å². The van der Waals surface area contributed by atoms with Crippen LogP contribution in [0.5, 0.6) is 11.5 Å². The molecular weight excluding hydrogens is 501 g/mol. The van der Waals surface area contributed by atoms with E-state index in [-0.39, 0.29) is 24.0 Å². The van der Waals surface area contributed by atoms with Crippen LogP contribution in [0.25, 0.3) is 0 Å². The molecule has 0 spiro atoms. The minimum Gasteiger partial charge on any atom is -0.493 e. The summed E-state index contributed by atoms with van der Waals surface area (Å²) in [7, 11) is 3.23. The van der Waals surface area contributed by atoms with E-state index in [1.807, 2.05) is 18.2 Å². The molecule has 0 radical (unpaired) electrons. The van der Waals surface area contributed by atoms with Gasteiger partial charge in [-0.3, -0.25) is 9.89 Å². The highest BCUT2D eigenvalue weighted by Gasteiger charge is 2.19. The lowest BCUT2D eigenvalue weighted by atomic mass is 9.97. The number of piperidine rings is 1. The summed E-state index contributed by atoms with van der Waals surface area (Å²) < 4.78 is 10.6. The Labute approximate surface area is 193 Å². The zero-order valence-corrected chi connectivity index (χ0v) is 20.3. The van der Waals surface area contributed by atoms with E-state index in [2.05, 4.69) is 32.5 Å². The molecule has 3 N–H and O–H groups in total. The first-order chi connectivity index (χ1) is 13.6. The summed E-state index contributed by atoms with van der Waals surface area (Å²) in [5.74, 6) is 2.33. The molecule has 0 unspecified atom stereocenters. The van der Waals surface area contributed by atoms with Crippen LogP contribution in [-0.2, 0) is 6.54 Å². The van der Waals surface area contributed by atoms with E-state index in [9.17, 15) is 0 Å². The number of benzene rings is 1. The number of anilines is 1. The molecule has 1 aliphatic rings. The molecule has 2 aromatic rings. The van der Waals surface area contributed by atoms with Gasteiger partial charge in [-0.1, -0.05) is 0 Å². The number of thiazole rings is 1. The standard InChI is InChI=1S/C20H29N5O2S.HI/c1-14-23-17(13-28-14)12-25-8-6-15(7-9-25)11-22-20(21)24-16-4-5-18(26-2)19(10-16)27-3;/h4-5,10,13,15H,6-9,11-12H2,1-3H3,(H3,21,22,24);1H. The summed E-state index contributed by atoms with van der Waals surface area (Å²) >= 11 is 1.72. The van der Waals surface area contributed by atoms with Gasteiger partial charge in [0.1, 0.15) is 0 Å². The van der Waals surface area contributed by atoms with Crippen molar-refractivity contribution in [2.75, 3.05) is 39.2 Å². The summed E-state index contributed by atoms with van der Waals surface area (Å²) in [6.45, 7) is 5.91. The summed E-state index contributed by atoms with van der Waals surface area (Å²) in [4.78, 5) is 11.6. The lowest BCUT2D eigenvalue weighted by Crippen LogP contribution is -2.34. The average molecular weight is 531 g/mol. The van der Waals surface area contributed by atoms with Gasteiger partial charge >= 0.3 is 0 Å². The molecule has 160 valence electrons. The van der Waals surface area contributed by atoms with E-state index >= 15 is 0 Å². The van der Waals surface area contributed by atoms with E-state index < -0.39 is 0 Å². The van der Waals surface area contributed by atoms with Crippen molar-refractivity contribution in [3.05, 3.63) is 34.3 Å². The quantitative estimate of drug-likeness (QED) is 0.322. The van der Waals surface area contributed by atoms with Gasteiger partial charge in [0.05, 0.1) is 24.9 Å². The first-order valence-electron chi connectivity index (χ1n) is 9.49. The number of guanidine groups is 1. The molecule has 0 atom stereocenters. The largest absolute Gasteiger partial charge is 0.493 e. The molecular formula is C20H30IN5O2S. The van der Waals surface area contributed by atoms with Gasteiger partial charge in [0.15, 0.2) is 17.5 Å². The minimum atomic E-state index is 0. The monoisotopic (exact) mass is 531 g/mol. The molecule has 0 amide bonds. The van der Waals surface area contributed by atoms with Crippen LogP contribution >= 0.6 is 35.3 Å². The van der Waals surface area contributed by atoms with Crippen molar-refractivity contribution in [1.29, 1.82) is 0 Å². The third kappa shape index (κ3) is 7.00. The molecule has 0 saturated carbocycles. The topological polar surface area (TPSA) is 85.0 Å². The van der Waals surface area contributed by atoms with Gasteiger partial charge in [0.25, 0.3) is 0 Å². The zero-order valence-electron chi connectivity index (χ0n) is 17.2. The maximum absolute atomic E-state index is 6.07. The minimum absolute atomic E-state index is 0. The smallest absolute Gasteiger partial charge is 0.193 e. The van der Waals surface area contributed by atoms with Crippen LogP contribution in [0.2, 0.25) is 0 Å². The number of aryl methyl sites for hydroxylation is 1. The van der Waals surface area contributed by atoms with Crippen LogP contribution in [0.1, 0.15) is 23.5 Å². The Kier molecular flexibility index (Phi) is 9.44. The van der Waals surface area contributed by atoms with Crippen molar-refractivity contribution in [3.8, 4) is 11.5 Å². The van der Waals surface area contributed by atoms with Gasteiger partial charge in [-0.25, -0.2) is 4.98 Å². The van der Waals surface area contributed by atoms with Crippen molar-refractivity contribution >= 4 is 47.0 Å². The Bertz CT molecular complexity index is 806. The number of aliphatic imine (C=N–C) groups is 1. The number of methoxy groups -OCH3 is 2. The second kappa shape index (κ2) is 11.6. The van der Waals surface area contributed by atoms with E-state index in [1.54, 1.807) is 25.6 Å². The molecule has 9 heteroatoms. The van der Waals surface area contributed by atoms with Gasteiger partial charge in [0, 0.05) is 30.2 Å². The van der Waals surface area contributed by atoms with Crippen LogP contribution in [0.15, 0.2) is 28.6 Å². The Morgan fingerprint density at radius 2 is 2.00 bits per heavy atom. The van der Waals surface area contributed by atoms with E-state index in [0.29, 0.717) is 23.4 Å². The molecule has 7 nitrogen and oxygen atoms in total. The number of ether oxygens (including phenoxy) is 2. The van der Waals surface area contributed by atoms with Crippen LogP contribution in [0, 0.1) is 12.8 Å². The van der Waals surface area contributed by atoms with Crippen LogP contribution in [-0.4, -0.2) is 49.7 Å². The van der Waals surface area contributed by atoms with Crippen molar-refractivity contribution < 1.29 is 9.47 Å². The number of halogens is 1. The lowest BCUT2D eigenvalue weighted by Gasteiger charge is -2.30. The predicted octanol–water partition coefficient (Wildman–Crippen LogP) is 3.73. The maximum Gasteiger partial charge on any atom is 0.193 e. The van der Waals surface area contributed by atoms with Crippen molar-refractivity contribution in [2.24, 2.45) is 16.6 Å². The summed E-state index contributed by atoms with van der Waals surface area (Å²) in [6.07, 6.45) is 2.27. The molecule has 3 rings (SSSR count). The highest BCUT2D eigenvalue weighted by Crippen LogP contribution is 2.29. The van der Waals surface area contributed by atoms with Gasteiger partial charge in [-0.2, -0.15) is 0 Å². The molecule has 2 heterocycles. The molecule has 1 aromatic carbocycles. The van der Waals surface area contributed by atoms with E-state index in [1.165, 1.54) is 5.69 Å². The number of nitrogens with one attached hydrogen (secondary N) is 1. The second-order valence-electron chi connectivity index (χ2n) is 7.00. The fourth-order valence-electron chi connectivity index (χ4n) is 3.37. The first-order valence-corrected chi connectivity index (χ1v) is 10.4. The summed E-state index contributed by atoms with van der Waals surface area (Å²) in [6, 6.07) is 5.58. The molecule has 0 aliphatic carbocycles. The number of nitrogens with zero attached hydrogens (tertiary/aromatic N) is 3. The van der Waals surface area contributed by atoms with Crippen LogP contribution < -0.4 is 20.5 Å². The molecule has 1 aromatic heterocycles. The third-order valence-corrected chi connectivity index (χ3v) is 5.76. The molecule has 1 saturated heterocycles. The highest BCUT2D eigenvalue weighted by atomic mass is 127. The van der Waals surface area contributed by atoms with Gasteiger partial charge in [0.2, 0.25) is 0 Å². The van der Waals surface area contributed by atoms with Gasteiger partial charge < -0.3 is 20.5 Å². The van der Waals surface area contributed by atoms with Crippen LogP contribution in [0.3, 0.4) is 0 Å². The molecule has 0 bridgehead atoms. The lowest BCUT2D eigenvalue weighted by molar-refractivity contribution is 0.179. The Morgan fingerprint density at radius 3 is 2.62 bits per heavy atom. The van der Waals surface area contributed by atoms with Gasteiger partial charge in [-0.15, -0.1) is 35.3 Å². The number of hydrogen-bond acceptors (Lipinski definition) is 6. The zero-order chi connectivity index (χ0) is 19.9. The summed E-state index contributed by atoms with van der Waals surface area (Å²) in [5.41, 5.74) is 8.07. The van der Waals surface area contributed by atoms with Crippen LogP contribution in [0.4, 0.5) is 5.69 Å². The van der Waals surface area contributed by atoms with Crippen molar-refractivity contribution in [2.45, 2.75) is 26.3 Å². The Morgan fingerprint density at radius 1 is 1.28 bits per heavy atom. The maximum atomic E-state index is 6.07. The summed E-state index contributed by atoms with van der Waals surface area (Å²) in [5, 5.41) is 6.42. The number of likely N-dealkylation sites (tertiary alicyclic amines) is 1.